The van der Waals surface area contributed by atoms with E-state index in [2.05, 4.69) is 46.8 Å². The van der Waals surface area contributed by atoms with Gasteiger partial charge in [0.2, 0.25) is 35.4 Å². The Balaban J connectivity index is 1.34. The molecule has 1 fully saturated rings. The second kappa shape index (κ2) is 33.2. The molecule has 0 aliphatic carbocycles. The van der Waals surface area contributed by atoms with Crippen molar-refractivity contribution in [3.63, 3.8) is 0 Å². The summed E-state index contributed by atoms with van der Waals surface area (Å²) in [5.41, 5.74) is 21.3. The lowest BCUT2D eigenvalue weighted by atomic mass is 9.92. The van der Waals surface area contributed by atoms with Crippen molar-refractivity contribution in [2.24, 2.45) is 22.2 Å². The average Bonchev–Trinajstić information content (AvgIpc) is 4.08. The van der Waals surface area contributed by atoms with Gasteiger partial charge in [-0.05, 0) is 79.0 Å². The number of morpholine rings is 1. The Morgan fingerprint density at radius 2 is 1.27 bits per heavy atom. The fraction of sp³-hybridized carbons (Fsp3) is 0.500. The number of para-hydroxylation sites is 1. The van der Waals surface area contributed by atoms with Crippen LogP contribution in [0.4, 0.5) is 4.79 Å². The smallest absolute Gasteiger partial charge is 0.326 e. The molecule has 0 radical (unpaired) electrons. The van der Waals surface area contributed by atoms with Crippen LogP contribution < -0.4 is 49.1 Å². The highest BCUT2D eigenvalue weighted by Gasteiger charge is 2.41. The fourth-order valence-corrected chi connectivity index (χ4v) is 10.4. The van der Waals surface area contributed by atoms with Gasteiger partial charge in [-0.25, -0.2) is 9.59 Å². The summed E-state index contributed by atoms with van der Waals surface area (Å²) in [7, 11) is 2.98. The number of carboxylic acids is 2. The standard InChI is InChI=1S/C60H84N14O12/c1-4-5-16-45(71-60(85)72(2)3)53(78)70-49(33-51(75)76)57(82)74-36-40-14-7-6-13-39(40)32-50(74)56(81)69-47(30-37-20-22-38(23-21-37)35-73-26-28-86-29-27-73)54(79)66-44(19-12-25-64-59(62)63)52(77)68-48(31-41-34-65-43-17-9-8-15-42(41)43)55(80)67-46(58(83)84)18-10-11-24-61/h6-9,13-15,17,20-23,34,44-50,65H,4-5,10-12,16,18-19,24-33,35-36,61H2,1-3H3,(H,66,79)(H,67,80)(H,68,77)(H,69,81)(H,70,78)(H,71,85)(H,75,76)(H,83,84)(H4,62,63,64)/t44-,45-,46-,47+,48-,49-,50-/m0/s1. The van der Waals surface area contributed by atoms with Crippen LogP contribution in [0.15, 0.2) is 84.0 Å². The fourth-order valence-electron chi connectivity index (χ4n) is 10.4. The molecule has 2 aliphatic heterocycles. The third kappa shape index (κ3) is 20.0. The van der Waals surface area contributed by atoms with E-state index in [9.17, 15) is 43.8 Å². The molecule has 0 unspecified atom stereocenters. The Hall–Kier alpha value is -8.62. The predicted molar refractivity (Wildman–Crippen MR) is 321 cm³/mol. The average molecular weight is 1190 g/mol. The minimum Gasteiger partial charge on any atom is -0.481 e. The number of carbonyl (C=O) groups excluding carboxylic acids is 7. The molecule has 7 atom stereocenters. The van der Waals surface area contributed by atoms with Gasteiger partial charge >= 0.3 is 18.0 Å². The number of unbranched alkanes of at least 4 members (excludes halogenated alkanes) is 2. The summed E-state index contributed by atoms with van der Waals surface area (Å²) in [4.78, 5) is 138. The molecule has 0 bridgehead atoms. The van der Waals surface area contributed by atoms with Crippen molar-refractivity contribution in [3.8, 4) is 0 Å². The number of aromatic nitrogens is 1. The molecule has 1 aromatic heterocycles. The molecule has 4 aromatic rings. The van der Waals surface area contributed by atoms with Gasteiger partial charge in [0.05, 0.1) is 19.6 Å². The lowest BCUT2D eigenvalue weighted by Crippen LogP contribution is -2.62. The van der Waals surface area contributed by atoms with Crippen LogP contribution in [0.5, 0.6) is 0 Å². The molecule has 1 saturated heterocycles. The summed E-state index contributed by atoms with van der Waals surface area (Å²) in [5.74, 6) is -7.94. The van der Waals surface area contributed by atoms with Gasteiger partial charge in [-0.1, -0.05) is 86.5 Å². The van der Waals surface area contributed by atoms with Crippen LogP contribution in [0.2, 0.25) is 0 Å². The summed E-state index contributed by atoms with van der Waals surface area (Å²) in [5, 5.41) is 37.3. The SMILES string of the molecule is CCCC[C@H](NC(=O)N(C)C)C(=O)N[C@@H](CC(=O)O)C(=O)N1Cc2ccccc2C[C@H]1C(=O)N[C@H](Cc1ccc(CN2CCOCC2)cc1)C(=O)N[C@@H](CCCN=C(N)N)C(=O)N[C@@H](Cc1c[nH]c2ccccc12)C(=O)N[C@@H](CCCCN)C(=O)O. The predicted octanol–water partition coefficient (Wildman–Crippen LogP) is 0.735. The van der Waals surface area contributed by atoms with Gasteiger partial charge in [0.1, 0.15) is 42.3 Å². The first-order valence-electron chi connectivity index (χ1n) is 29.2. The van der Waals surface area contributed by atoms with E-state index in [1.165, 1.54) is 23.9 Å². The summed E-state index contributed by atoms with van der Waals surface area (Å²) in [6, 6.07) is 11.4. The van der Waals surface area contributed by atoms with E-state index in [-0.39, 0.29) is 64.0 Å². The van der Waals surface area contributed by atoms with Crippen molar-refractivity contribution in [1.29, 1.82) is 0 Å². The highest BCUT2D eigenvalue weighted by molar-refractivity contribution is 5.99. The molecule has 15 N–H and O–H groups in total. The normalized spacial score (nSPS) is 16.1. The van der Waals surface area contributed by atoms with E-state index < -0.39 is 102 Å². The third-order valence-corrected chi connectivity index (χ3v) is 15.2. The number of nitrogens with two attached hydrogens (primary N) is 3. The number of nitrogens with one attached hydrogen (secondary N) is 7. The zero-order chi connectivity index (χ0) is 62.3. The number of carbonyl (C=O) groups is 9. The first kappa shape index (κ1) is 66.5. The topological polar surface area (TPSA) is 391 Å². The molecule has 26 nitrogen and oxygen atoms in total. The number of benzene rings is 3. The van der Waals surface area contributed by atoms with Gasteiger partial charge in [-0.3, -0.25) is 43.5 Å². The second-order valence-corrected chi connectivity index (χ2v) is 21.9. The molecule has 86 heavy (non-hydrogen) atoms. The van der Waals surface area contributed by atoms with Crippen LogP contribution in [0.3, 0.4) is 0 Å². The molecule has 8 amide bonds. The number of amides is 8. The Bertz CT molecular complexity index is 3000. The Kier molecular flexibility index (Phi) is 25.7. The first-order valence-corrected chi connectivity index (χ1v) is 29.2. The third-order valence-electron chi connectivity index (χ3n) is 15.2. The Morgan fingerprint density at radius 1 is 0.686 bits per heavy atom. The van der Waals surface area contributed by atoms with Crippen molar-refractivity contribution in [2.75, 3.05) is 53.5 Å². The maximum atomic E-state index is 15.2. The van der Waals surface area contributed by atoms with Crippen LogP contribution in [0.1, 0.15) is 92.5 Å². The van der Waals surface area contributed by atoms with Crippen LogP contribution >= 0.6 is 0 Å². The molecule has 3 aromatic carbocycles. The zero-order valence-electron chi connectivity index (χ0n) is 49.2. The van der Waals surface area contributed by atoms with E-state index >= 15 is 9.59 Å². The zero-order valence-corrected chi connectivity index (χ0v) is 49.2. The lowest BCUT2D eigenvalue weighted by Gasteiger charge is -2.38. The monoisotopic (exact) mass is 1190 g/mol. The number of ether oxygens (including phenoxy) is 1. The van der Waals surface area contributed by atoms with Crippen molar-refractivity contribution in [1.82, 2.24) is 51.6 Å². The van der Waals surface area contributed by atoms with Crippen molar-refractivity contribution < 1.29 is 58.1 Å². The molecular formula is C60H84N14O12. The largest absolute Gasteiger partial charge is 0.481 e. The molecule has 3 heterocycles. The van der Waals surface area contributed by atoms with E-state index in [1.54, 1.807) is 30.5 Å². The first-order chi connectivity index (χ1) is 41.2. The number of hydrogen-bond donors (Lipinski definition) is 12. The van der Waals surface area contributed by atoms with Gasteiger partial charge in [0.25, 0.3) is 0 Å². The lowest BCUT2D eigenvalue weighted by molar-refractivity contribution is -0.148. The quantitative estimate of drug-likeness (QED) is 0.0182. The van der Waals surface area contributed by atoms with E-state index in [4.69, 9.17) is 21.9 Å². The molecule has 26 heteroatoms. The molecule has 0 spiro atoms. The van der Waals surface area contributed by atoms with Crippen molar-refractivity contribution in [2.45, 2.75) is 139 Å². The number of aliphatic imine (C=N–C) groups is 1. The summed E-state index contributed by atoms with van der Waals surface area (Å²) in [6.07, 6.45) is 2.84. The van der Waals surface area contributed by atoms with Gasteiger partial charge in [0, 0.05) is 83.2 Å². The summed E-state index contributed by atoms with van der Waals surface area (Å²) >= 11 is 0. The van der Waals surface area contributed by atoms with E-state index in [0.717, 1.165) is 29.6 Å². The number of aliphatic carboxylic acids is 2. The van der Waals surface area contributed by atoms with Crippen LogP contribution in [0.25, 0.3) is 10.9 Å². The molecular weight excluding hydrogens is 1110 g/mol. The Labute approximate surface area is 500 Å². The number of H-pyrrole nitrogens is 1. The number of nitrogens with zero attached hydrogens (tertiary/aromatic N) is 4. The summed E-state index contributed by atoms with van der Waals surface area (Å²) < 4.78 is 5.52. The number of fused-ring (bicyclic) bond motifs is 2. The Morgan fingerprint density at radius 3 is 1.92 bits per heavy atom. The van der Waals surface area contributed by atoms with Crippen LogP contribution in [-0.2, 0) is 75.4 Å². The van der Waals surface area contributed by atoms with Gasteiger partial charge < -0.3 is 78.8 Å². The van der Waals surface area contributed by atoms with Crippen molar-refractivity contribution in [3.05, 3.63) is 107 Å². The van der Waals surface area contributed by atoms with Gasteiger partial charge in [-0.2, -0.15) is 0 Å². The molecule has 466 valence electrons. The highest BCUT2D eigenvalue weighted by Crippen LogP contribution is 2.26. The number of rotatable bonds is 32. The number of hydrogen-bond acceptors (Lipinski definition) is 13. The number of guanidine groups is 1. The van der Waals surface area contributed by atoms with Crippen LogP contribution in [-0.4, -0.2) is 185 Å². The maximum absolute atomic E-state index is 15.2. The van der Waals surface area contributed by atoms with Gasteiger partial charge in [-0.15, -0.1) is 0 Å². The second-order valence-electron chi connectivity index (χ2n) is 21.9. The number of carboxylic acid groups (broad SMARTS) is 2. The molecule has 6 rings (SSSR count). The van der Waals surface area contributed by atoms with E-state index in [0.29, 0.717) is 74.2 Å². The van der Waals surface area contributed by atoms with Crippen molar-refractivity contribution >= 4 is 70.3 Å². The number of urea groups is 1. The highest BCUT2D eigenvalue weighted by atomic mass is 16.5. The van der Waals surface area contributed by atoms with E-state index in [1.807, 2.05) is 55.5 Å². The molecule has 0 saturated carbocycles. The van der Waals surface area contributed by atoms with Crippen LogP contribution in [0, 0.1) is 0 Å². The molecule has 2 aliphatic rings. The van der Waals surface area contributed by atoms with Gasteiger partial charge in [0.15, 0.2) is 5.96 Å². The summed E-state index contributed by atoms with van der Waals surface area (Å²) in [6.45, 7) is 5.35. The minimum absolute atomic E-state index is 0.0295. The number of aromatic amines is 1. The maximum Gasteiger partial charge on any atom is 0.326 e. The minimum atomic E-state index is -1.71.